The van der Waals surface area contributed by atoms with Crippen LogP contribution in [0.15, 0.2) is 45.9 Å². The van der Waals surface area contributed by atoms with Gasteiger partial charge in [0.2, 0.25) is 10.0 Å². The van der Waals surface area contributed by atoms with E-state index in [0.717, 1.165) is 6.07 Å². The van der Waals surface area contributed by atoms with Gasteiger partial charge in [-0.15, -0.1) is 0 Å². The molecule has 1 heterocycles. The number of carbonyl (C=O) groups is 1. The van der Waals surface area contributed by atoms with Gasteiger partial charge >= 0.3 is 5.97 Å². The molecule has 1 aromatic heterocycles. The van der Waals surface area contributed by atoms with Gasteiger partial charge in [-0.2, -0.15) is 0 Å². The fourth-order valence-corrected chi connectivity index (χ4v) is 3.19. The summed E-state index contributed by atoms with van der Waals surface area (Å²) in [7, 11) is -2.44. The molecule has 24 heavy (non-hydrogen) atoms. The molecule has 8 nitrogen and oxygen atoms in total. The van der Waals surface area contributed by atoms with E-state index in [1.54, 1.807) is 12.1 Å². The van der Waals surface area contributed by atoms with Crippen LogP contribution in [0.3, 0.4) is 0 Å². The quantitative estimate of drug-likeness (QED) is 0.584. The number of hydrogen-bond donors (Lipinski definition) is 3. The molecule has 0 amide bonds. The zero-order valence-corrected chi connectivity index (χ0v) is 13.8. The summed E-state index contributed by atoms with van der Waals surface area (Å²) in [6.45, 7) is 0.542. The van der Waals surface area contributed by atoms with Crippen molar-refractivity contribution in [3.8, 4) is 0 Å². The highest BCUT2D eigenvalue weighted by atomic mass is 32.2. The fraction of sp³-hybridized carbons (Fsp3) is 0.267. The lowest BCUT2D eigenvalue weighted by Crippen LogP contribution is -2.28. The molecule has 0 aliphatic carbocycles. The second-order valence-corrected chi connectivity index (χ2v) is 6.57. The van der Waals surface area contributed by atoms with Crippen LogP contribution in [0.25, 0.3) is 0 Å². The van der Waals surface area contributed by atoms with Gasteiger partial charge in [0, 0.05) is 13.7 Å². The molecule has 9 heteroatoms. The molecule has 1 aromatic carbocycles. The summed E-state index contributed by atoms with van der Waals surface area (Å²) in [5.41, 5.74) is 0.159. The lowest BCUT2D eigenvalue weighted by Gasteiger charge is -2.13. The van der Waals surface area contributed by atoms with Gasteiger partial charge in [0.25, 0.3) is 0 Å². The van der Waals surface area contributed by atoms with E-state index in [1.807, 2.05) is 0 Å². The number of benzene rings is 1. The third-order valence-corrected chi connectivity index (χ3v) is 4.65. The second-order valence-electron chi connectivity index (χ2n) is 4.84. The van der Waals surface area contributed by atoms with Crippen LogP contribution in [0.4, 0.5) is 5.69 Å². The highest BCUT2D eigenvalue weighted by molar-refractivity contribution is 7.89. The van der Waals surface area contributed by atoms with E-state index in [4.69, 9.17) is 14.3 Å². The molecule has 2 aromatic rings. The van der Waals surface area contributed by atoms with E-state index >= 15 is 0 Å². The van der Waals surface area contributed by atoms with Crippen LogP contribution in [-0.4, -0.2) is 39.8 Å². The Kier molecular flexibility index (Phi) is 5.96. The molecule has 0 aliphatic rings. The molecular formula is C15H18N2O6S. The van der Waals surface area contributed by atoms with E-state index in [1.165, 1.54) is 25.5 Å². The average molecular weight is 354 g/mol. The number of nitrogens with one attached hydrogen (secondary N) is 2. The number of rotatable bonds is 9. The Bertz CT molecular complexity index is 786. The largest absolute Gasteiger partial charge is 0.478 e. The normalized spacial score (nSPS) is 11.4. The summed E-state index contributed by atoms with van der Waals surface area (Å²) in [5.74, 6) is -0.589. The number of sulfonamides is 1. The van der Waals surface area contributed by atoms with Gasteiger partial charge in [0.15, 0.2) is 0 Å². The van der Waals surface area contributed by atoms with E-state index < -0.39 is 16.0 Å². The number of anilines is 1. The molecule has 0 aliphatic heterocycles. The van der Waals surface area contributed by atoms with E-state index in [0.29, 0.717) is 5.76 Å². The minimum atomic E-state index is -3.90. The number of hydrogen-bond acceptors (Lipinski definition) is 6. The van der Waals surface area contributed by atoms with Crippen molar-refractivity contribution in [1.29, 1.82) is 0 Å². The highest BCUT2D eigenvalue weighted by Gasteiger charge is 2.20. The van der Waals surface area contributed by atoms with Gasteiger partial charge in [0.1, 0.15) is 10.7 Å². The third-order valence-electron chi connectivity index (χ3n) is 3.15. The monoisotopic (exact) mass is 354 g/mol. The smallest absolute Gasteiger partial charge is 0.335 e. The summed E-state index contributed by atoms with van der Waals surface area (Å²) >= 11 is 0. The van der Waals surface area contributed by atoms with Crippen LogP contribution in [-0.2, 0) is 21.3 Å². The molecule has 0 bridgehead atoms. The summed E-state index contributed by atoms with van der Waals surface area (Å²) in [4.78, 5) is 11.0. The lowest BCUT2D eigenvalue weighted by molar-refractivity contribution is 0.0696. The molecule has 0 spiro atoms. The van der Waals surface area contributed by atoms with Crippen LogP contribution < -0.4 is 10.0 Å². The van der Waals surface area contributed by atoms with E-state index in [2.05, 4.69) is 10.0 Å². The predicted octanol–water partition coefficient (Wildman–Crippen LogP) is 1.51. The van der Waals surface area contributed by atoms with Crippen molar-refractivity contribution in [1.82, 2.24) is 4.72 Å². The first-order chi connectivity index (χ1) is 11.4. The Morgan fingerprint density at radius 1 is 1.33 bits per heavy atom. The lowest BCUT2D eigenvalue weighted by atomic mass is 10.2. The molecule has 0 saturated carbocycles. The van der Waals surface area contributed by atoms with Crippen molar-refractivity contribution < 1.29 is 27.5 Å². The van der Waals surface area contributed by atoms with Gasteiger partial charge in [-0.1, -0.05) is 0 Å². The molecule has 0 saturated heterocycles. The van der Waals surface area contributed by atoms with Crippen LogP contribution in [0, 0.1) is 0 Å². The molecule has 0 unspecified atom stereocenters. The van der Waals surface area contributed by atoms with Gasteiger partial charge in [-0.3, -0.25) is 0 Å². The minimum absolute atomic E-state index is 0.0771. The molecule has 0 fully saturated rings. The minimum Gasteiger partial charge on any atom is -0.478 e. The van der Waals surface area contributed by atoms with Gasteiger partial charge < -0.3 is 19.6 Å². The maximum absolute atomic E-state index is 12.4. The first-order valence-electron chi connectivity index (χ1n) is 7.06. The van der Waals surface area contributed by atoms with E-state index in [-0.39, 0.29) is 35.8 Å². The number of carboxylic acid groups (broad SMARTS) is 1. The van der Waals surface area contributed by atoms with Crippen molar-refractivity contribution >= 4 is 21.7 Å². The second kappa shape index (κ2) is 7.95. The molecule has 0 atom stereocenters. The number of carboxylic acids is 1. The zero-order chi connectivity index (χ0) is 17.6. The zero-order valence-electron chi connectivity index (χ0n) is 13.0. The SMILES string of the molecule is COCCNS(=O)(=O)c1cc(C(=O)O)ccc1NCc1ccco1. The number of furan rings is 1. The van der Waals surface area contributed by atoms with Crippen molar-refractivity contribution in [2.45, 2.75) is 11.4 Å². The summed E-state index contributed by atoms with van der Waals surface area (Å²) in [6, 6.07) is 7.32. The van der Waals surface area contributed by atoms with Gasteiger partial charge in [0.05, 0.1) is 30.7 Å². The van der Waals surface area contributed by atoms with Crippen LogP contribution in [0.2, 0.25) is 0 Å². The third kappa shape index (κ3) is 4.57. The number of ether oxygens (including phenoxy) is 1. The highest BCUT2D eigenvalue weighted by Crippen LogP contribution is 2.23. The van der Waals surface area contributed by atoms with E-state index in [9.17, 15) is 13.2 Å². The average Bonchev–Trinajstić information content (AvgIpc) is 3.06. The Labute approximate surface area is 139 Å². The van der Waals surface area contributed by atoms with Crippen molar-refractivity contribution in [2.75, 3.05) is 25.6 Å². The Hall–Kier alpha value is -2.36. The summed E-state index contributed by atoms with van der Waals surface area (Å²) in [6.07, 6.45) is 1.51. The number of methoxy groups -OCH3 is 1. The van der Waals surface area contributed by atoms with Crippen molar-refractivity contribution in [3.63, 3.8) is 0 Å². The van der Waals surface area contributed by atoms with Gasteiger partial charge in [-0.25, -0.2) is 17.9 Å². The van der Waals surface area contributed by atoms with Crippen LogP contribution in [0.5, 0.6) is 0 Å². The predicted molar refractivity (Wildman–Crippen MR) is 86.5 cm³/mol. The Morgan fingerprint density at radius 3 is 2.75 bits per heavy atom. The molecular weight excluding hydrogens is 336 g/mol. The van der Waals surface area contributed by atoms with Crippen LogP contribution in [0.1, 0.15) is 16.1 Å². The number of aromatic carboxylic acids is 1. The summed E-state index contributed by atoms with van der Waals surface area (Å²) < 4.78 is 37.2. The standard InChI is InChI=1S/C15H18N2O6S/c1-22-8-6-17-24(20,21)14-9-11(15(18)19)4-5-13(14)16-10-12-3-2-7-23-12/h2-5,7,9,16-17H,6,8,10H2,1H3,(H,18,19). The Balaban J connectivity index is 2.30. The molecule has 2 rings (SSSR count). The summed E-state index contributed by atoms with van der Waals surface area (Å²) in [5, 5.41) is 12.0. The van der Waals surface area contributed by atoms with Crippen molar-refractivity contribution in [3.05, 3.63) is 47.9 Å². The fourth-order valence-electron chi connectivity index (χ4n) is 1.98. The van der Waals surface area contributed by atoms with Crippen molar-refractivity contribution in [2.24, 2.45) is 0 Å². The molecule has 130 valence electrons. The first-order valence-corrected chi connectivity index (χ1v) is 8.54. The molecule has 0 radical (unpaired) electrons. The maximum atomic E-state index is 12.4. The van der Waals surface area contributed by atoms with Crippen LogP contribution >= 0.6 is 0 Å². The Morgan fingerprint density at radius 2 is 2.12 bits per heavy atom. The molecule has 3 N–H and O–H groups in total. The first kappa shape index (κ1) is 18.0. The topological polar surface area (TPSA) is 118 Å². The van der Waals surface area contributed by atoms with Gasteiger partial charge in [-0.05, 0) is 30.3 Å². The maximum Gasteiger partial charge on any atom is 0.335 e.